The smallest absolute Gasteiger partial charge is 0.220 e. The third kappa shape index (κ3) is 3.37. The van der Waals surface area contributed by atoms with E-state index in [0.29, 0.717) is 6.42 Å². The first-order valence-electron chi connectivity index (χ1n) is 5.63. The van der Waals surface area contributed by atoms with Crippen LogP contribution < -0.4 is 14.8 Å². The number of carbonyl (C=O) groups is 1. The SMILES string of the molecule is CCC(=O)NC(C)c1cc(OC)ccc1OC. The molecule has 0 radical (unpaired) electrons. The van der Waals surface area contributed by atoms with Crippen LogP contribution in [0.25, 0.3) is 0 Å². The maximum absolute atomic E-state index is 11.4. The van der Waals surface area contributed by atoms with Crippen LogP contribution in [0, 0.1) is 0 Å². The third-order valence-electron chi connectivity index (χ3n) is 2.60. The predicted molar refractivity (Wildman–Crippen MR) is 66.4 cm³/mol. The summed E-state index contributed by atoms with van der Waals surface area (Å²) in [5, 5.41) is 2.90. The van der Waals surface area contributed by atoms with Crippen molar-refractivity contribution in [1.82, 2.24) is 5.32 Å². The minimum absolute atomic E-state index is 0.0161. The molecule has 17 heavy (non-hydrogen) atoms. The molecule has 94 valence electrons. The predicted octanol–water partition coefficient (Wildman–Crippen LogP) is 2.29. The largest absolute Gasteiger partial charge is 0.497 e. The molecule has 0 aromatic heterocycles. The van der Waals surface area contributed by atoms with Crippen LogP contribution >= 0.6 is 0 Å². The van der Waals surface area contributed by atoms with Crippen molar-refractivity contribution in [1.29, 1.82) is 0 Å². The number of methoxy groups -OCH3 is 2. The van der Waals surface area contributed by atoms with E-state index in [1.807, 2.05) is 32.0 Å². The van der Waals surface area contributed by atoms with Gasteiger partial charge in [-0.15, -0.1) is 0 Å². The van der Waals surface area contributed by atoms with Gasteiger partial charge in [0.2, 0.25) is 5.91 Å². The quantitative estimate of drug-likeness (QED) is 0.854. The van der Waals surface area contributed by atoms with E-state index in [9.17, 15) is 4.79 Å². The zero-order chi connectivity index (χ0) is 12.8. The molecule has 0 spiro atoms. The van der Waals surface area contributed by atoms with Gasteiger partial charge >= 0.3 is 0 Å². The van der Waals surface area contributed by atoms with Gasteiger partial charge in [0.05, 0.1) is 20.3 Å². The van der Waals surface area contributed by atoms with E-state index in [4.69, 9.17) is 9.47 Å². The van der Waals surface area contributed by atoms with E-state index < -0.39 is 0 Å². The number of nitrogens with one attached hydrogen (secondary N) is 1. The second-order valence-corrected chi connectivity index (χ2v) is 3.75. The fourth-order valence-corrected chi connectivity index (χ4v) is 1.60. The second-order valence-electron chi connectivity index (χ2n) is 3.75. The van der Waals surface area contributed by atoms with Gasteiger partial charge in [-0.05, 0) is 25.1 Å². The van der Waals surface area contributed by atoms with Gasteiger partial charge in [-0.1, -0.05) is 6.92 Å². The summed E-state index contributed by atoms with van der Waals surface area (Å²) >= 11 is 0. The normalized spacial score (nSPS) is 11.8. The molecule has 0 aliphatic carbocycles. The Hall–Kier alpha value is -1.71. The Labute approximate surface area is 102 Å². The molecule has 0 saturated carbocycles. The van der Waals surface area contributed by atoms with Crippen LogP contribution in [-0.4, -0.2) is 20.1 Å². The molecule has 0 fully saturated rings. The van der Waals surface area contributed by atoms with Gasteiger partial charge < -0.3 is 14.8 Å². The van der Waals surface area contributed by atoms with Gasteiger partial charge in [-0.2, -0.15) is 0 Å². The summed E-state index contributed by atoms with van der Waals surface area (Å²) in [5.74, 6) is 1.51. The van der Waals surface area contributed by atoms with E-state index in [-0.39, 0.29) is 11.9 Å². The second kappa shape index (κ2) is 6.13. The summed E-state index contributed by atoms with van der Waals surface area (Å²) in [6.07, 6.45) is 0.469. The standard InChI is InChI=1S/C13H19NO3/c1-5-13(15)14-9(2)11-8-10(16-3)6-7-12(11)17-4/h6-9H,5H2,1-4H3,(H,14,15). The summed E-state index contributed by atoms with van der Waals surface area (Å²) < 4.78 is 10.4. The summed E-state index contributed by atoms with van der Waals surface area (Å²) in [6, 6.07) is 5.44. The van der Waals surface area contributed by atoms with Gasteiger partial charge in [0.1, 0.15) is 11.5 Å². The highest BCUT2D eigenvalue weighted by molar-refractivity contribution is 5.76. The van der Waals surface area contributed by atoms with Crippen molar-refractivity contribution in [2.24, 2.45) is 0 Å². The molecule has 0 bridgehead atoms. The molecule has 0 aliphatic rings. The fraction of sp³-hybridized carbons (Fsp3) is 0.462. The molecule has 1 aromatic carbocycles. The summed E-state index contributed by atoms with van der Waals surface area (Å²) in [6.45, 7) is 3.75. The molecule has 1 N–H and O–H groups in total. The number of hydrogen-bond donors (Lipinski definition) is 1. The van der Waals surface area contributed by atoms with Gasteiger partial charge in [0.15, 0.2) is 0 Å². The van der Waals surface area contributed by atoms with Crippen LogP contribution in [0.1, 0.15) is 31.9 Å². The maximum atomic E-state index is 11.4. The van der Waals surface area contributed by atoms with E-state index in [1.54, 1.807) is 14.2 Å². The van der Waals surface area contributed by atoms with Crippen LogP contribution in [0.5, 0.6) is 11.5 Å². The van der Waals surface area contributed by atoms with Crippen molar-refractivity contribution in [2.45, 2.75) is 26.3 Å². The van der Waals surface area contributed by atoms with Crippen molar-refractivity contribution < 1.29 is 14.3 Å². The Morgan fingerprint density at radius 2 is 2.06 bits per heavy atom. The highest BCUT2D eigenvalue weighted by atomic mass is 16.5. The molecular weight excluding hydrogens is 218 g/mol. The van der Waals surface area contributed by atoms with Crippen LogP contribution in [0.3, 0.4) is 0 Å². The number of benzene rings is 1. The van der Waals surface area contributed by atoms with Crippen LogP contribution in [0.4, 0.5) is 0 Å². The van der Waals surface area contributed by atoms with Gasteiger partial charge in [-0.25, -0.2) is 0 Å². The van der Waals surface area contributed by atoms with Crippen molar-refractivity contribution in [3.63, 3.8) is 0 Å². The van der Waals surface area contributed by atoms with E-state index >= 15 is 0 Å². The molecule has 0 heterocycles. The van der Waals surface area contributed by atoms with Crippen molar-refractivity contribution in [2.75, 3.05) is 14.2 Å². The lowest BCUT2D eigenvalue weighted by atomic mass is 10.1. The molecule has 1 rings (SSSR count). The van der Waals surface area contributed by atoms with Gasteiger partial charge in [-0.3, -0.25) is 4.79 Å². The Morgan fingerprint density at radius 3 is 2.59 bits per heavy atom. The van der Waals surface area contributed by atoms with Crippen LogP contribution in [0.15, 0.2) is 18.2 Å². The zero-order valence-electron chi connectivity index (χ0n) is 10.7. The van der Waals surface area contributed by atoms with E-state index in [1.165, 1.54) is 0 Å². The topological polar surface area (TPSA) is 47.6 Å². The van der Waals surface area contributed by atoms with Crippen molar-refractivity contribution in [3.05, 3.63) is 23.8 Å². The summed E-state index contributed by atoms with van der Waals surface area (Å²) in [4.78, 5) is 11.4. The summed E-state index contributed by atoms with van der Waals surface area (Å²) in [5.41, 5.74) is 0.911. The number of hydrogen-bond acceptors (Lipinski definition) is 3. The molecule has 1 amide bonds. The molecule has 1 atom stereocenters. The average molecular weight is 237 g/mol. The van der Waals surface area contributed by atoms with Gasteiger partial charge in [0.25, 0.3) is 0 Å². The monoisotopic (exact) mass is 237 g/mol. The first-order chi connectivity index (χ1) is 8.12. The lowest BCUT2D eigenvalue weighted by Gasteiger charge is -2.17. The molecule has 4 heteroatoms. The number of ether oxygens (including phenoxy) is 2. The molecule has 0 aliphatic heterocycles. The summed E-state index contributed by atoms with van der Waals surface area (Å²) in [7, 11) is 3.22. The Kier molecular flexibility index (Phi) is 4.82. The van der Waals surface area contributed by atoms with Crippen LogP contribution in [0.2, 0.25) is 0 Å². The van der Waals surface area contributed by atoms with Crippen molar-refractivity contribution >= 4 is 5.91 Å². The highest BCUT2D eigenvalue weighted by Crippen LogP contribution is 2.29. The third-order valence-corrected chi connectivity index (χ3v) is 2.60. The minimum Gasteiger partial charge on any atom is -0.497 e. The molecule has 1 unspecified atom stereocenters. The molecule has 4 nitrogen and oxygen atoms in total. The fourth-order valence-electron chi connectivity index (χ4n) is 1.60. The number of amides is 1. The Morgan fingerprint density at radius 1 is 1.35 bits per heavy atom. The minimum atomic E-state index is -0.104. The van der Waals surface area contributed by atoms with Crippen LogP contribution in [-0.2, 0) is 4.79 Å². The Balaban J connectivity index is 2.96. The Bertz CT molecular complexity index is 390. The molecule has 1 aromatic rings. The van der Waals surface area contributed by atoms with Gasteiger partial charge in [0, 0.05) is 12.0 Å². The van der Waals surface area contributed by atoms with E-state index in [0.717, 1.165) is 17.1 Å². The first kappa shape index (κ1) is 13.4. The number of rotatable bonds is 5. The maximum Gasteiger partial charge on any atom is 0.220 e. The lowest BCUT2D eigenvalue weighted by molar-refractivity contribution is -0.121. The molecular formula is C13H19NO3. The van der Waals surface area contributed by atoms with E-state index in [2.05, 4.69) is 5.32 Å². The highest BCUT2D eigenvalue weighted by Gasteiger charge is 2.14. The van der Waals surface area contributed by atoms with Crippen molar-refractivity contribution in [3.8, 4) is 11.5 Å². The number of carbonyl (C=O) groups excluding carboxylic acids is 1. The first-order valence-corrected chi connectivity index (χ1v) is 5.63. The average Bonchev–Trinajstić information content (AvgIpc) is 2.37. The molecule has 0 saturated heterocycles. The lowest BCUT2D eigenvalue weighted by Crippen LogP contribution is -2.25. The zero-order valence-corrected chi connectivity index (χ0v) is 10.7.